The van der Waals surface area contributed by atoms with Gasteiger partial charge in [-0.1, -0.05) is 0 Å². The lowest BCUT2D eigenvalue weighted by Crippen LogP contribution is -2.24. The number of rotatable bonds is 3. The molecule has 7 heteroatoms. The first-order valence-electron chi connectivity index (χ1n) is 6.30. The van der Waals surface area contributed by atoms with E-state index in [2.05, 4.69) is 20.6 Å². The minimum absolute atomic E-state index is 0.334. The Morgan fingerprint density at radius 1 is 1.19 bits per heavy atom. The molecule has 0 radical (unpaired) electrons. The number of ether oxygens (including phenoxy) is 1. The summed E-state index contributed by atoms with van der Waals surface area (Å²) >= 11 is 0. The first-order chi connectivity index (χ1) is 10.2. The van der Waals surface area contributed by atoms with Crippen molar-refractivity contribution in [2.45, 2.75) is 0 Å². The summed E-state index contributed by atoms with van der Waals surface area (Å²) in [6.07, 6.45) is 6.95. The van der Waals surface area contributed by atoms with Crippen molar-refractivity contribution in [2.75, 3.05) is 12.4 Å². The SMILES string of the molecule is CNC(=O)Nc1cc(Oc2ccc3nccn3c2)ccn1. The van der Waals surface area contributed by atoms with Crippen LogP contribution in [0.1, 0.15) is 0 Å². The highest BCUT2D eigenvalue weighted by atomic mass is 16.5. The number of fused-ring (bicyclic) bond motifs is 1. The second-order valence-corrected chi connectivity index (χ2v) is 4.24. The molecule has 7 nitrogen and oxygen atoms in total. The number of anilines is 1. The molecule has 0 aliphatic rings. The Morgan fingerprint density at radius 3 is 2.95 bits per heavy atom. The molecule has 2 N–H and O–H groups in total. The molecule has 0 unspecified atom stereocenters. The quantitative estimate of drug-likeness (QED) is 0.772. The Balaban J connectivity index is 1.80. The Morgan fingerprint density at radius 2 is 2.10 bits per heavy atom. The van der Waals surface area contributed by atoms with Crippen molar-refractivity contribution in [1.82, 2.24) is 19.7 Å². The van der Waals surface area contributed by atoms with Gasteiger partial charge in [-0.3, -0.25) is 5.32 Å². The van der Waals surface area contributed by atoms with Crippen LogP contribution in [0.3, 0.4) is 0 Å². The molecule has 0 bridgehead atoms. The van der Waals surface area contributed by atoms with E-state index < -0.39 is 0 Å². The molecule has 0 aliphatic heterocycles. The van der Waals surface area contributed by atoms with Crippen molar-refractivity contribution in [2.24, 2.45) is 0 Å². The molecule has 0 atom stereocenters. The second kappa shape index (κ2) is 5.49. The molecule has 3 aromatic rings. The summed E-state index contributed by atoms with van der Waals surface area (Å²) in [5, 5.41) is 5.05. The van der Waals surface area contributed by atoms with Gasteiger partial charge in [-0.15, -0.1) is 0 Å². The van der Waals surface area contributed by atoms with E-state index in [9.17, 15) is 4.79 Å². The third kappa shape index (κ3) is 2.92. The van der Waals surface area contributed by atoms with Crippen LogP contribution in [0.5, 0.6) is 11.5 Å². The number of hydrogen-bond donors (Lipinski definition) is 2. The van der Waals surface area contributed by atoms with Crippen molar-refractivity contribution in [1.29, 1.82) is 0 Å². The van der Waals surface area contributed by atoms with E-state index in [1.807, 2.05) is 28.9 Å². The molecule has 2 amide bonds. The molecular weight excluding hydrogens is 270 g/mol. The van der Waals surface area contributed by atoms with Crippen LogP contribution in [0.25, 0.3) is 5.65 Å². The number of hydrogen-bond acceptors (Lipinski definition) is 4. The summed E-state index contributed by atoms with van der Waals surface area (Å²) in [7, 11) is 1.54. The minimum atomic E-state index is -0.334. The number of pyridine rings is 2. The van der Waals surface area contributed by atoms with E-state index in [0.29, 0.717) is 17.3 Å². The third-order valence-corrected chi connectivity index (χ3v) is 2.80. The van der Waals surface area contributed by atoms with Crippen LogP contribution in [-0.4, -0.2) is 27.4 Å². The van der Waals surface area contributed by atoms with Gasteiger partial charge in [0.05, 0.1) is 6.20 Å². The van der Waals surface area contributed by atoms with E-state index in [0.717, 1.165) is 5.65 Å². The lowest BCUT2D eigenvalue weighted by atomic mass is 10.4. The topological polar surface area (TPSA) is 80.5 Å². The van der Waals surface area contributed by atoms with Gasteiger partial charge in [-0.2, -0.15) is 0 Å². The van der Waals surface area contributed by atoms with Crippen LogP contribution < -0.4 is 15.4 Å². The summed E-state index contributed by atoms with van der Waals surface area (Å²) in [5.41, 5.74) is 0.846. The standard InChI is InChI=1S/C14H13N5O2/c1-15-14(20)18-12-8-10(4-5-16-12)21-11-2-3-13-17-6-7-19(13)9-11/h2-9H,1H3,(H2,15,16,18,20). The normalized spacial score (nSPS) is 10.3. The number of carbonyl (C=O) groups excluding carboxylic acids is 1. The van der Waals surface area contributed by atoms with Crippen molar-refractivity contribution in [3.05, 3.63) is 49.1 Å². The summed E-state index contributed by atoms with van der Waals surface area (Å²) in [4.78, 5) is 19.5. The van der Waals surface area contributed by atoms with Crippen molar-refractivity contribution >= 4 is 17.5 Å². The number of carbonyl (C=O) groups is 1. The van der Waals surface area contributed by atoms with Gasteiger partial charge >= 0.3 is 6.03 Å². The van der Waals surface area contributed by atoms with Crippen LogP contribution in [0.15, 0.2) is 49.1 Å². The van der Waals surface area contributed by atoms with Crippen molar-refractivity contribution < 1.29 is 9.53 Å². The fourth-order valence-electron chi connectivity index (χ4n) is 1.82. The summed E-state index contributed by atoms with van der Waals surface area (Å²) < 4.78 is 7.61. The largest absolute Gasteiger partial charge is 0.456 e. The highest BCUT2D eigenvalue weighted by Crippen LogP contribution is 2.23. The van der Waals surface area contributed by atoms with Gasteiger partial charge < -0.3 is 14.5 Å². The van der Waals surface area contributed by atoms with Crippen LogP contribution in [0, 0.1) is 0 Å². The third-order valence-electron chi connectivity index (χ3n) is 2.80. The molecule has 3 rings (SSSR count). The molecule has 3 aromatic heterocycles. The van der Waals surface area contributed by atoms with Gasteiger partial charge in [0.2, 0.25) is 0 Å². The lowest BCUT2D eigenvalue weighted by Gasteiger charge is -2.08. The summed E-state index contributed by atoms with van der Waals surface area (Å²) in [6, 6.07) is 6.72. The number of aromatic nitrogens is 3. The average molecular weight is 283 g/mol. The smallest absolute Gasteiger partial charge is 0.320 e. The predicted octanol–water partition coefficient (Wildman–Crippen LogP) is 2.27. The molecule has 0 fully saturated rings. The number of imidazole rings is 1. The Hall–Kier alpha value is -3.09. The fourth-order valence-corrected chi connectivity index (χ4v) is 1.82. The van der Waals surface area contributed by atoms with Crippen LogP contribution in [0.4, 0.5) is 10.6 Å². The highest BCUT2D eigenvalue weighted by Gasteiger charge is 2.04. The van der Waals surface area contributed by atoms with E-state index in [-0.39, 0.29) is 6.03 Å². The van der Waals surface area contributed by atoms with E-state index >= 15 is 0 Å². The molecule has 0 aromatic carbocycles. The second-order valence-electron chi connectivity index (χ2n) is 4.24. The average Bonchev–Trinajstić information content (AvgIpc) is 2.95. The zero-order valence-corrected chi connectivity index (χ0v) is 11.3. The molecule has 0 spiro atoms. The Bertz CT molecular complexity index is 784. The number of urea groups is 1. The van der Waals surface area contributed by atoms with E-state index in [1.54, 1.807) is 24.5 Å². The summed E-state index contributed by atoms with van der Waals surface area (Å²) in [6.45, 7) is 0. The maximum Gasteiger partial charge on any atom is 0.320 e. The zero-order valence-electron chi connectivity index (χ0n) is 11.3. The van der Waals surface area contributed by atoms with Gasteiger partial charge in [-0.05, 0) is 18.2 Å². The van der Waals surface area contributed by atoms with Gasteiger partial charge in [0.25, 0.3) is 0 Å². The molecule has 0 saturated heterocycles. The molecule has 0 saturated carbocycles. The monoisotopic (exact) mass is 283 g/mol. The molecular formula is C14H13N5O2. The maximum atomic E-state index is 11.3. The first-order valence-corrected chi connectivity index (χ1v) is 6.30. The van der Waals surface area contributed by atoms with Gasteiger partial charge in [-0.25, -0.2) is 14.8 Å². The summed E-state index contributed by atoms with van der Waals surface area (Å²) in [5.74, 6) is 1.66. The zero-order chi connectivity index (χ0) is 14.7. The number of amides is 2. The number of nitrogens with zero attached hydrogens (tertiary/aromatic N) is 3. The van der Waals surface area contributed by atoms with Crippen LogP contribution in [0.2, 0.25) is 0 Å². The van der Waals surface area contributed by atoms with Crippen molar-refractivity contribution in [3.8, 4) is 11.5 Å². The minimum Gasteiger partial charge on any atom is -0.456 e. The van der Waals surface area contributed by atoms with Gasteiger partial charge in [0.1, 0.15) is 23.0 Å². The van der Waals surface area contributed by atoms with Crippen molar-refractivity contribution in [3.63, 3.8) is 0 Å². The van der Waals surface area contributed by atoms with Gasteiger partial charge in [0.15, 0.2) is 0 Å². The fraction of sp³-hybridized carbons (Fsp3) is 0.0714. The Kier molecular flexibility index (Phi) is 3.38. The van der Waals surface area contributed by atoms with E-state index in [4.69, 9.17) is 4.74 Å². The van der Waals surface area contributed by atoms with Crippen LogP contribution in [-0.2, 0) is 0 Å². The first kappa shape index (κ1) is 12.9. The predicted molar refractivity (Wildman–Crippen MR) is 77.6 cm³/mol. The molecule has 21 heavy (non-hydrogen) atoms. The Labute approximate surface area is 120 Å². The number of nitrogens with one attached hydrogen (secondary N) is 2. The van der Waals surface area contributed by atoms with E-state index in [1.165, 1.54) is 7.05 Å². The van der Waals surface area contributed by atoms with Gasteiger partial charge in [0, 0.05) is 31.7 Å². The highest BCUT2D eigenvalue weighted by molar-refractivity contribution is 5.88. The van der Waals surface area contributed by atoms with Crippen LogP contribution >= 0.6 is 0 Å². The molecule has 0 aliphatic carbocycles. The molecule has 106 valence electrons. The molecule has 3 heterocycles. The maximum absolute atomic E-state index is 11.3. The lowest BCUT2D eigenvalue weighted by molar-refractivity contribution is 0.254.